The van der Waals surface area contributed by atoms with Gasteiger partial charge in [-0.2, -0.15) is 10.2 Å². The number of carbonyl (C=O) groups is 1. The highest BCUT2D eigenvalue weighted by atomic mass is 79.9. The van der Waals surface area contributed by atoms with Crippen LogP contribution in [0.15, 0.2) is 63.9 Å². The summed E-state index contributed by atoms with van der Waals surface area (Å²) in [5.74, 6) is -0.823. The summed E-state index contributed by atoms with van der Waals surface area (Å²) in [4.78, 5) is 35.6. The minimum Gasteiger partial charge on any atom is -0.342 e. The van der Waals surface area contributed by atoms with Crippen molar-refractivity contribution >= 4 is 33.6 Å². The van der Waals surface area contributed by atoms with Crippen LogP contribution < -0.4 is 15.8 Å². The molecular formula is C26H24BrN5O2. The first kappa shape index (κ1) is 22.4. The first-order chi connectivity index (χ1) is 16.5. The van der Waals surface area contributed by atoms with E-state index in [4.69, 9.17) is 0 Å². The maximum atomic E-state index is 13.3. The van der Waals surface area contributed by atoms with Crippen LogP contribution >= 0.6 is 15.9 Å². The summed E-state index contributed by atoms with van der Waals surface area (Å²) in [7, 11) is 0. The second-order valence-electron chi connectivity index (χ2n) is 8.90. The van der Waals surface area contributed by atoms with Crippen LogP contribution in [0.4, 0.5) is 11.8 Å². The fourth-order valence-corrected chi connectivity index (χ4v) is 5.24. The van der Waals surface area contributed by atoms with E-state index in [1.165, 1.54) is 5.56 Å². The number of H-pyrrole nitrogens is 1. The van der Waals surface area contributed by atoms with Crippen LogP contribution in [0.3, 0.4) is 0 Å². The van der Waals surface area contributed by atoms with Gasteiger partial charge < -0.3 is 10.2 Å². The standard InChI is InChI=1S/C26H24BrN5O2/c27-19-8-6-18(7-9-19)21-20(15-28)24(33)29-23-22(21)25(34)31-26(30-23)32-12-10-17(11-13-32)14-16-4-2-1-3-5-16/h1-9,17,20-21H,10-14H2,(H2,29,30,31,33,34). The van der Waals surface area contributed by atoms with Gasteiger partial charge in [-0.1, -0.05) is 58.4 Å². The third kappa shape index (κ3) is 4.36. The van der Waals surface area contributed by atoms with Crippen molar-refractivity contribution in [3.63, 3.8) is 0 Å². The highest BCUT2D eigenvalue weighted by Crippen LogP contribution is 2.38. The molecule has 2 aliphatic heterocycles. The number of anilines is 2. The van der Waals surface area contributed by atoms with Crippen molar-refractivity contribution in [3.8, 4) is 6.07 Å². The summed E-state index contributed by atoms with van der Waals surface area (Å²) >= 11 is 3.41. The summed E-state index contributed by atoms with van der Waals surface area (Å²) < 4.78 is 0.878. The zero-order valence-electron chi connectivity index (χ0n) is 18.5. The molecule has 0 bridgehead atoms. The van der Waals surface area contributed by atoms with Crippen LogP contribution in [-0.2, 0) is 11.2 Å². The highest BCUT2D eigenvalue weighted by Gasteiger charge is 2.40. The average molecular weight is 518 g/mol. The van der Waals surface area contributed by atoms with Gasteiger partial charge in [0.25, 0.3) is 5.56 Å². The van der Waals surface area contributed by atoms with Crippen LogP contribution in [0.25, 0.3) is 0 Å². The zero-order chi connectivity index (χ0) is 23.7. The van der Waals surface area contributed by atoms with Gasteiger partial charge in [-0.05, 0) is 48.4 Å². The molecule has 0 spiro atoms. The highest BCUT2D eigenvalue weighted by molar-refractivity contribution is 9.10. The number of carbonyl (C=O) groups excluding carboxylic acids is 1. The van der Waals surface area contributed by atoms with E-state index in [-0.39, 0.29) is 11.4 Å². The number of amides is 1. The third-order valence-corrected chi connectivity index (χ3v) is 7.29. The summed E-state index contributed by atoms with van der Waals surface area (Å²) in [6.45, 7) is 1.56. The molecular weight excluding hydrogens is 494 g/mol. The number of piperidine rings is 1. The normalized spacial score (nSPS) is 20.4. The molecule has 3 heterocycles. The minimum absolute atomic E-state index is 0.245. The Morgan fingerprint density at radius 1 is 1.06 bits per heavy atom. The lowest BCUT2D eigenvalue weighted by molar-refractivity contribution is -0.119. The van der Waals surface area contributed by atoms with Crippen molar-refractivity contribution in [1.29, 1.82) is 5.26 Å². The van der Waals surface area contributed by atoms with E-state index < -0.39 is 17.7 Å². The lowest BCUT2D eigenvalue weighted by Gasteiger charge is -2.34. The molecule has 0 radical (unpaired) electrons. The fourth-order valence-electron chi connectivity index (χ4n) is 4.98. The second-order valence-corrected chi connectivity index (χ2v) is 9.81. The van der Waals surface area contributed by atoms with Crippen molar-refractivity contribution in [2.24, 2.45) is 11.8 Å². The maximum absolute atomic E-state index is 13.3. The summed E-state index contributed by atoms with van der Waals surface area (Å²) in [5.41, 5.74) is 2.08. The Morgan fingerprint density at radius 2 is 1.76 bits per heavy atom. The molecule has 2 N–H and O–H groups in total. The molecule has 172 valence electrons. The number of rotatable bonds is 4. The molecule has 3 aromatic rings. The molecule has 1 aromatic heterocycles. The van der Waals surface area contributed by atoms with E-state index in [2.05, 4.69) is 66.4 Å². The predicted molar refractivity (Wildman–Crippen MR) is 134 cm³/mol. The van der Waals surface area contributed by atoms with E-state index in [1.54, 1.807) is 0 Å². The zero-order valence-corrected chi connectivity index (χ0v) is 20.1. The third-order valence-electron chi connectivity index (χ3n) is 6.76. The molecule has 1 saturated heterocycles. The van der Waals surface area contributed by atoms with Gasteiger partial charge in [0.1, 0.15) is 11.7 Å². The van der Waals surface area contributed by atoms with E-state index in [1.807, 2.05) is 30.3 Å². The smallest absolute Gasteiger partial charge is 0.258 e. The predicted octanol–water partition coefficient (Wildman–Crippen LogP) is 4.22. The maximum Gasteiger partial charge on any atom is 0.258 e. The molecule has 1 amide bonds. The van der Waals surface area contributed by atoms with E-state index in [0.717, 1.165) is 42.4 Å². The van der Waals surface area contributed by atoms with Crippen LogP contribution in [0.2, 0.25) is 0 Å². The number of hydrogen-bond donors (Lipinski definition) is 2. The number of nitrogens with one attached hydrogen (secondary N) is 2. The molecule has 2 atom stereocenters. The second kappa shape index (κ2) is 9.43. The molecule has 5 rings (SSSR count). The summed E-state index contributed by atoms with van der Waals surface area (Å²) in [5, 5.41) is 12.4. The van der Waals surface area contributed by atoms with Gasteiger partial charge in [0.15, 0.2) is 0 Å². The monoisotopic (exact) mass is 517 g/mol. The first-order valence-electron chi connectivity index (χ1n) is 11.4. The lowest BCUT2D eigenvalue weighted by Crippen LogP contribution is -2.41. The summed E-state index contributed by atoms with van der Waals surface area (Å²) in [6.07, 6.45) is 3.05. The summed E-state index contributed by atoms with van der Waals surface area (Å²) in [6, 6.07) is 19.9. The van der Waals surface area contributed by atoms with Gasteiger partial charge in [0.05, 0.1) is 11.6 Å². The molecule has 1 fully saturated rings. The minimum atomic E-state index is -1.00. The van der Waals surface area contributed by atoms with Crippen molar-refractivity contribution in [1.82, 2.24) is 9.97 Å². The number of benzene rings is 2. The first-order valence-corrected chi connectivity index (χ1v) is 12.2. The Morgan fingerprint density at radius 3 is 2.44 bits per heavy atom. The Labute approximate surface area is 206 Å². The van der Waals surface area contributed by atoms with Gasteiger partial charge in [0.2, 0.25) is 11.9 Å². The number of nitriles is 1. The van der Waals surface area contributed by atoms with Crippen LogP contribution in [0.5, 0.6) is 0 Å². The Balaban J connectivity index is 1.40. The molecule has 2 aromatic carbocycles. The van der Waals surface area contributed by atoms with Gasteiger partial charge >= 0.3 is 0 Å². The number of hydrogen-bond acceptors (Lipinski definition) is 5. The number of aromatic amines is 1. The van der Waals surface area contributed by atoms with E-state index in [0.29, 0.717) is 17.4 Å². The van der Waals surface area contributed by atoms with Crippen molar-refractivity contribution in [2.75, 3.05) is 23.3 Å². The molecule has 0 saturated carbocycles. The number of nitrogens with zero attached hydrogens (tertiary/aromatic N) is 3. The molecule has 2 aliphatic rings. The quantitative estimate of drug-likeness (QED) is 0.539. The lowest BCUT2D eigenvalue weighted by atomic mass is 9.79. The fraction of sp³-hybridized carbons (Fsp3) is 0.308. The van der Waals surface area contributed by atoms with Gasteiger partial charge in [-0.15, -0.1) is 0 Å². The van der Waals surface area contributed by atoms with Gasteiger partial charge in [0, 0.05) is 23.5 Å². The number of aromatic nitrogens is 2. The number of fused-ring (bicyclic) bond motifs is 1. The topological polar surface area (TPSA) is 102 Å². The Bertz CT molecular complexity index is 1290. The molecule has 34 heavy (non-hydrogen) atoms. The Hall–Kier alpha value is -3.44. The van der Waals surface area contributed by atoms with Gasteiger partial charge in [-0.25, -0.2) is 0 Å². The van der Waals surface area contributed by atoms with Gasteiger partial charge in [-0.3, -0.25) is 14.6 Å². The van der Waals surface area contributed by atoms with Crippen molar-refractivity contribution in [2.45, 2.75) is 25.2 Å². The average Bonchev–Trinajstić information content (AvgIpc) is 2.85. The largest absolute Gasteiger partial charge is 0.342 e. The number of halogens is 1. The van der Waals surface area contributed by atoms with Crippen LogP contribution in [-0.4, -0.2) is 29.0 Å². The van der Waals surface area contributed by atoms with Crippen LogP contribution in [0, 0.1) is 23.2 Å². The van der Waals surface area contributed by atoms with Crippen molar-refractivity contribution < 1.29 is 4.79 Å². The SMILES string of the molecule is N#CC1C(=O)Nc2nc(N3CCC(Cc4ccccc4)CC3)[nH]c(=O)c2C1c1ccc(Br)cc1. The molecule has 0 aliphatic carbocycles. The Kier molecular flexibility index (Phi) is 6.20. The molecule has 2 unspecified atom stereocenters. The van der Waals surface area contributed by atoms with Crippen LogP contribution in [0.1, 0.15) is 35.4 Å². The van der Waals surface area contributed by atoms with E-state index >= 15 is 0 Å². The van der Waals surface area contributed by atoms with E-state index in [9.17, 15) is 14.9 Å². The molecule has 8 heteroatoms. The van der Waals surface area contributed by atoms with Crippen molar-refractivity contribution in [3.05, 3.63) is 86.1 Å². The molecule has 7 nitrogen and oxygen atoms in total.